The van der Waals surface area contributed by atoms with E-state index in [-0.39, 0.29) is 16.2 Å². The number of aliphatic hydroxyl groups excluding tert-OH is 1. The number of ether oxygens (including phenoxy) is 1. The maximum absolute atomic E-state index is 13.2. The van der Waals surface area contributed by atoms with Gasteiger partial charge in [-0.2, -0.15) is 5.26 Å². The first-order valence-electron chi connectivity index (χ1n) is 10.1. The van der Waals surface area contributed by atoms with Crippen molar-refractivity contribution in [3.05, 3.63) is 94.3 Å². The molecule has 1 N–H and O–H groups in total. The van der Waals surface area contributed by atoms with E-state index in [4.69, 9.17) is 21.6 Å². The van der Waals surface area contributed by atoms with Gasteiger partial charge in [-0.15, -0.1) is 0 Å². The molecule has 4 rings (SSSR count). The molecular weight excluding hydrogens is 442 g/mol. The minimum atomic E-state index is -0.946. The Hall–Kier alpha value is -4.15. The Morgan fingerprint density at radius 2 is 1.97 bits per heavy atom. The summed E-state index contributed by atoms with van der Waals surface area (Å²) in [5.74, 6) is -1.62. The van der Waals surface area contributed by atoms with Gasteiger partial charge in [-0.3, -0.25) is 19.5 Å². The van der Waals surface area contributed by atoms with E-state index in [0.29, 0.717) is 29.2 Å². The SMILES string of the molecule is CCOc1ccc(Cl)c(/C(O)=C2\C(=O)C(=O)N(c3ccc(C#N)cc3)C2c2cccnc2)c1. The summed E-state index contributed by atoms with van der Waals surface area (Å²) in [4.78, 5) is 31.7. The molecule has 1 fully saturated rings. The van der Waals surface area contributed by atoms with Crippen molar-refractivity contribution >= 4 is 34.7 Å². The Labute approximate surface area is 195 Å². The van der Waals surface area contributed by atoms with Gasteiger partial charge in [0, 0.05) is 23.6 Å². The lowest BCUT2D eigenvalue weighted by Gasteiger charge is -2.25. The second-order valence-corrected chi connectivity index (χ2v) is 7.60. The minimum absolute atomic E-state index is 0.118. The zero-order chi connectivity index (χ0) is 23.5. The Kier molecular flexibility index (Phi) is 6.11. The molecule has 1 unspecified atom stereocenters. The summed E-state index contributed by atoms with van der Waals surface area (Å²) < 4.78 is 5.50. The quantitative estimate of drug-likeness (QED) is 0.339. The van der Waals surface area contributed by atoms with Gasteiger partial charge in [0.25, 0.3) is 11.7 Å². The molecule has 1 aliphatic heterocycles. The highest BCUT2D eigenvalue weighted by molar-refractivity contribution is 6.52. The zero-order valence-corrected chi connectivity index (χ0v) is 18.3. The van der Waals surface area contributed by atoms with E-state index < -0.39 is 23.5 Å². The number of amides is 1. The average Bonchev–Trinajstić information content (AvgIpc) is 3.11. The standard InChI is InChI=1S/C25H18ClN3O4/c1-2-33-18-9-10-20(26)19(12-18)23(30)21-22(16-4-3-11-28-14-16)29(25(32)24(21)31)17-7-5-15(13-27)6-8-17/h3-12,14,22,30H,2H2,1H3/b23-21+. The third-order valence-corrected chi connectivity index (χ3v) is 5.55. The lowest BCUT2D eigenvalue weighted by Crippen LogP contribution is -2.29. The van der Waals surface area contributed by atoms with Gasteiger partial charge in [0.05, 0.1) is 34.9 Å². The predicted molar refractivity (Wildman–Crippen MR) is 123 cm³/mol. The van der Waals surface area contributed by atoms with Crippen LogP contribution < -0.4 is 9.64 Å². The van der Waals surface area contributed by atoms with Crippen LogP contribution in [0.2, 0.25) is 5.02 Å². The Balaban J connectivity index is 1.93. The third kappa shape index (κ3) is 4.04. The number of Topliss-reactive ketones (excluding diaryl/α,β-unsaturated/α-hetero) is 1. The van der Waals surface area contributed by atoms with E-state index >= 15 is 0 Å². The van der Waals surface area contributed by atoms with Crippen LogP contribution in [0.15, 0.2) is 72.6 Å². The molecule has 2 aromatic carbocycles. The number of aliphatic hydroxyl groups is 1. The second-order valence-electron chi connectivity index (χ2n) is 7.19. The molecule has 0 aliphatic carbocycles. The van der Waals surface area contributed by atoms with Crippen LogP contribution in [0.1, 0.15) is 29.7 Å². The molecule has 33 heavy (non-hydrogen) atoms. The summed E-state index contributed by atoms with van der Waals surface area (Å²) in [6.45, 7) is 2.22. The fourth-order valence-electron chi connectivity index (χ4n) is 3.74. The number of halogens is 1. The number of nitriles is 1. The first kappa shape index (κ1) is 22.1. The highest BCUT2D eigenvalue weighted by atomic mass is 35.5. The van der Waals surface area contributed by atoms with Crippen molar-refractivity contribution in [1.82, 2.24) is 4.98 Å². The average molecular weight is 460 g/mol. The van der Waals surface area contributed by atoms with Crippen LogP contribution in [0, 0.1) is 11.3 Å². The number of benzene rings is 2. The molecule has 1 aromatic heterocycles. The van der Waals surface area contributed by atoms with Crippen LogP contribution >= 0.6 is 11.6 Å². The van der Waals surface area contributed by atoms with Crippen LogP contribution in [0.25, 0.3) is 5.76 Å². The number of aromatic nitrogens is 1. The van der Waals surface area contributed by atoms with Crippen LogP contribution in [0.5, 0.6) is 5.75 Å². The number of hydrogen-bond donors (Lipinski definition) is 1. The summed E-state index contributed by atoms with van der Waals surface area (Å²) >= 11 is 6.33. The van der Waals surface area contributed by atoms with Crippen molar-refractivity contribution in [1.29, 1.82) is 5.26 Å². The molecule has 0 bridgehead atoms. The van der Waals surface area contributed by atoms with E-state index in [1.807, 2.05) is 13.0 Å². The van der Waals surface area contributed by atoms with Crippen LogP contribution in [0.3, 0.4) is 0 Å². The summed E-state index contributed by atoms with van der Waals surface area (Å²) in [6, 6.07) is 15.5. The Bertz CT molecular complexity index is 1300. The number of anilines is 1. The fourth-order valence-corrected chi connectivity index (χ4v) is 3.94. The largest absolute Gasteiger partial charge is 0.507 e. The summed E-state index contributed by atoms with van der Waals surface area (Å²) in [5, 5.41) is 20.5. The van der Waals surface area contributed by atoms with Gasteiger partial charge in [0.1, 0.15) is 11.5 Å². The number of rotatable bonds is 5. The molecule has 1 aliphatic rings. The zero-order valence-electron chi connectivity index (χ0n) is 17.5. The van der Waals surface area contributed by atoms with Crippen LogP contribution in [-0.2, 0) is 9.59 Å². The number of ketones is 1. The van der Waals surface area contributed by atoms with Gasteiger partial charge in [-0.1, -0.05) is 17.7 Å². The first-order valence-corrected chi connectivity index (χ1v) is 10.5. The molecule has 7 nitrogen and oxygen atoms in total. The van der Waals surface area contributed by atoms with E-state index in [0.717, 1.165) is 0 Å². The number of carbonyl (C=O) groups is 2. The van der Waals surface area contributed by atoms with Gasteiger partial charge < -0.3 is 9.84 Å². The molecule has 0 radical (unpaired) electrons. The van der Waals surface area contributed by atoms with Gasteiger partial charge in [0.15, 0.2) is 0 Å². The fraction of sp³-hybridized carbons (Fsp3) is 0.120. The highest BCUT2D eigenvalue weighted by Gasteiger charge is 2.47. The number of hydrogen-bond acceptors (Lipinski definition) is 6. The summed E-state index contributed by atoms with van der Waals surface area (Å²) in [5.41, 5.74) is 1.40. The molecule has 0 saturated carbocycles. The number of carbonyl (C=O) groups excluding carboxylic acids is 2. The van der Waals surface area contributed by atoms with Crippen LogP contribution in [-0.4, -0.2) is 28.4 Å². The molecule has 3 aromatic rings. The maximum atomic E-state index is 13.2. The minimum Gasteiger partial charge on any atom is -0.507 e. The van der Waals surface area contributed by atoms with Gasteiger partial charge in [0.2, 0.25) is 0 Å². The Morgan fingerprint density at radius 1 is 1.21 bits per heavy atom. The smallest absolute Gasteiger partial charge is 0.300 e. The normalized spacial score (nSPS) is 17.1. The van der Waals surface area contributed by atoms with Gasteiger partial charge in [-0.05, 0) is 61.0 Å². The van der Waals surface area contributed by atoms with E-state index in [1.165, 1.54) is 17.2 Å². The molecular formula is C25H18ClN3O4. The maximum Gasteiger partial charge on any atom is 0.300 e. The van der Waals surface area contributed by atoms with Crippen molar-refractivity contribution in [3.63, 3.8) is 0 Å². The van der Waals surface area contributed by atoms with Gasteiger partial charge >= 0.3 is 0 Å². The third-order valence-electron chi connectivity index (χ3n) is 5.22. The van der Waals surface area contributed by atoms with Crippen LogP contribution in [0.4, 0.5) is 5.69 Å². The first-order chi connectivity index (χ1) is 16.0. The van der Waals surface area contributed by atoms with E-state index in [2.05, 4.69) is 4.98 Å². The van der Waals surface area contributed by atoms with Crippen molar-refractivity contribution < 1.29 is 19.4 Å². The molecule has 8 heteroatoms. The molecule has 0 spiro atoms. The molecule has 1 amide bonds. The highest BCUT2D eigenvalue weighted by Crippen LogP contribution is 2.43. The Morgan fingerprint density at radius 3 is 2.61 bits per heavy atom. The van der Waals surface area contributed by atoms with Crippen molar-refractivity contribution in [2.45, 2.75) is 13.0 Å². The van der Waals surface area contributed by atoms with E-state index in [9.17, 15) is 14.7 Å². The number of nitrogens with zero attached hydrogens (tertiary/aromatic N) is 3. The van der Waals surface area contributed by atoms with Crippen molar-refractivity contribution in [2.75, 3.05) is 11.5 Å². The van der Waals surface area contributed by atoms with Crippen molar-refractivity contribution in [2.24, 2.45) is 0 Å². The lowest BCUT2D eigenvalue weighted by atomic mass is 9.96. The van der Waals surface area contributed by atoms with Gasteiger partial charge in [-0.25, -0.2) is 0 Å². The predicted octanol–water partition coefficient (Wildman–Crippen LogP) is 4.63. The lowest BCUT2D eigenvalue weighted by molar-refractivity contribution is -0.132. The molecule has 2 heterocycles. The summed E-state index contributed by atoms with van der Waals surface area (Å²) in [6.07, 6.45) is 3.10. The molecule has 1 atom stereocenters. The topological polar surface area (TPSA) is 104 Å². The summed E-state index contributed by atoms with van der Waals surface area (Å²) in [7, 11) is 0. The monoisotopic (exact) mass is 459 g/mol. The van der Waals surface area contributed by atoms with Crippen molar-refractivity contribution in [3.8, 4) is 11.8 Å². The van der Waals surface area contributed by atoms with E-state index in [1.54, 1.807) is 54.7 Å². The molecule has 164 valence electrons. The number of pyridine rings is 1. The molecule has 1 saturated heterocycles. The second kappa shape index (κ2) is 9.15.